The molecule has 1 unspecified atom stereocenters. The molecule has 6 heteroatoms. The number of hydrogen-bond donors (Lipinski definition) is 2. The Balaban J connectivity index is 2.43. The van der Waals surface area contributed by atoms with Crippen LogP contribution in [0.4, 0.5) is 4.79 Å². The predicted molar refractivity (Wildman–Crippen MR) is 66.4 cm³/mol. The zero-order valence-corrected chi connectivity index (χ0v) is 11.0. The Labute approximate surface area is 107 Å². The van der Waals surface area contributed by atoms with Crippen molar-refractivity contribution in [3.63, 3.8) is 0 Å². The second kappa shape index (κ2) is 7.20. The summed E-state index contributed by atoms with van der Waals surface area (Å²) >= 11 is 0. The molecule has 0 saturated carbocycles. The molecule has 0 aliphatic carbocycles. The zero-order valence-electron chi connectivity index (χ0n) is 11.0. The van der Waals surface area contributed by atoms with Crippen molar-refractivity contribution in [1.29, 1.82) is 0 Å². The smallest absolute Gasteiger partial charge is 0.317 e. The van der Waals surface area contributed by atoms with E-state index < -0.39 is 11.9 Å². The number of rotatable bonds is 5. The molecule has 0 aromatic heterocycles. The Hall–Kier alpha value is -1.30. The summed E-state index contributed by atoms with van der Waals surface area (Å²) in [7, 11) is 0. The Bertz CT molecular complexity index is 290. The lowest BCUT2D eigenvalue weighted by Crippen LogP contribution is -2.48. The van der Waals surface area contributed by atoms with Gasteiger partial charge in [-0.25, -0.2) is 4.79 Å². The van der Waals surface area contributed by atoms with Crippen molar-refractivity contribution < 1.29 is 19.4 Å². The van der Waals surface area contributed by atoms with E-state index in [4.69, 9.17) is 9.84 Å². The minimum absolute atomic E-state index is 0.139. The number of aliphatic carboxylic acids is 1. The van der Waals surface area contributed by atoms with Gasteiger partial charge in [-0.2, -0.15) is 0 Å². The van der Waals surface area contributed by atoms with Crippen molar-refractivity contribution in [2.45, 2.75) is 32.7 Å². The summed E-state index contributed by atoms with van der Waals surface area (Å²) in [6.45, 7) is 5.53. The number of nitrogens with one attached hydrogen (secondary N) is 1. The lowest BCUT2D eigenvalue weighted by atomic mass is 10.1. The summed E-state index contributed by atoms with van der Waals surface area (Å²) in [6.07, 6.45) is 1.63. The maximum Gasteiger partial charge on any atom is 0.317 e. The minimum atomic E-state index is -0.882. The topological polar surface area (TPSA) is 78.9 Å². The van der Waals surface area contributed by atoms with E-state index in [2.05, 4.69) is 5.32 Å². The first-order chi connectivity index (χ1) is 8.54. The lowest BCUT2D eigenvalue weighted by molar-refractivity contribution is -0.141. The van der Waals surface area contributed by atoms with Gasteiger partial charge >= 0.3 is 12.0 Å². The van der Waals surface area contributed by atoms with Gasteiger partial charge in [0.2, 0.25) is 0 Å². The molecule has 1 saturated heterocycles. The van der Waals surface area contributed by atoms with Gasteiger partial charge < -0.3 is 20.1 Å². The van der Waals surface area contributed by atoms with Crippen molar-refractivity contribution in [2.75, 3.05) is 26.3 Å². The van der Waals surface area contributed by atoms with Crippen LogP contribution in [0.5, 0.6) is 0 Å². The summed E-state index contributed by atoms with van der Waals surface area (Å²) < 4.78 is 5.22. The number of carboxylic acid groups (broad SMARTS) is 1. The molecule has 18 heavy (non-hydrogen) atoms. The fraction of sp³-hybridized carbons (Fsp3) is 0.833. The highest BCUT2D eigenvalue weighted by Gasteiger charge is 2.22. The highest BCUT2D eigenvalue weighted by atomic mass is 16.5. The minimum Gasteiger partial charge on any atom is -0.481 e. The molecule has 0 aromatic carbocycles. The molecule has 1 fully saturated rings. The van der Waals surface area contributed by atoms with Gasteiger partial charge in [0.05, 0.1) is 5.92 Å². The summed E-state index contributed by atoms with van der Waals surface area (Å²) in [5.74, 6) is -1.43. The Kier molecular flexibility index (Phi) is 5.91. The van der Waals surface area contributed by atoms with Gasteiger partial charge in [0.15, 0.2) is 0 Å². The third-order valence-corrected chi connectivity index (χ3v) is 3.13. The number of ether oxygens (including phenoxy) is 1. The van der Waals surface area contributed by atoms with Gasteiger partial charge in [-0.05, 0) is 19.8 Å². The maximum atomic E-state index is 12.0. The average Bonchev–Trinajstić information content (AvgIpc) is 2.36. The first-order valence-corrected chi connectivity index (χ1v) is 6.40. The van der Waals surface area contributed by atoms with Crippen molar-refractivity contribution in [3.8, 4) is 0 Å². The fourth-order valence-corrected chi connectivity index (χ4v) is 1.87. The molecule has 2 amide bonds. The van der Waals surface area contributed by atoms with E-state index in [1.165, 1.54) is 4.90 Å². The van der Waals surface area contributed by atoms with E-state index in [9.17, 15) is 9.59 Å². The normalized spacial score (nSPS) is 18.1. The largest absolute Gasteiger partial charge is 0.481 e. The molecule has 104 valence electrons. The van der Waals surface area contributed by atoms with Crippen LogP contribution in [0.15, 0.2) is 0 Å². The molecule has 0 bridgehead atoms. The molecule has 1 aliphatic rings. The molecule has 0 radical (unpaired) electrons. The van der Waals surface area contributed by atoms with E-state index in [0.717, 1.165) is 12.8 Å². The second-order valence-corrected chi connectivity index (χ2v) is 4.61. The van der Waals surface area contributed by atoms with Crippen molar-refractivity contribution in [3.05, 3.63) is 0 Å². The van der Waals surface area contributed by atoms with Crippen LogP contribution in [-0.4, -0.2) is 54.4 Å². The van der Waals surface area contributed by atoms with E-state index in [1.54, 1.807) is 6.92 Å². The van der Waals surface area contributed by atoms with Crippen LogP contribution < -0.4 is 5.32 Å². The van der Waals surface area contributed by atoms with Crippen LogP contribution in [0, 0.1) is 5.92 Å². The number of carboxylic acids is 1. The summed E-state index contributed by atoms with van der Waals surface area (Å²) in [6, 6.07) is -0.0436. The monoisotopic (exact) mass is 258 g/mol. The molecule has 0 spiro atoms. The number of nitrogens with zero attached hydrogens (tertiary/aromatic N) is 1. The van der Waals surface area contributed by atoms with Crippen LogP contribution in [0.1, 0.15) is 26.7 Å². The van der Waals surface area contributed by atoms with Crippen LogP contribution in [-0.2, 0) is 9.53 Å². The Morgan fingerprint density at radius 1 is 1.44 bits per heavy atom. The van der Waals surface area contributed by atoms with Gasteiger partial charge in [-0.3, -0.25) is 4.79 Å². The van der Waals surface area contributed by atoms with Gasteiger partial charge in [-0.1, -0.05) is 6.92 Å². The number of amides is 2. The first-order valence-electron chi connectivity index (χ1n) is 6.40. The van der Waals surface area contributed by atoms with E-state index in [1.807, 2.05) is 6.92 Å². The second-order valence-electron chi connectivity index (χ2n) is 4.61. The van der Waals surface area contributed by atoms with Crippen LogP contribution in [0.2, 0.25) is 0 Å². The van der Waals surface area contributed by atoms with Crippen molar-refractivity contribution in [1.82, 2.24) is 10.2 Å². The third-order valence-electron chi connectivity index (χ3n) is 3.13. The van der Waals surface area contributed by atoms with Crippen LogP contribution in [0.25, 0.3) is 0 Å². The number of carbonyl (C=O) groups excluding carboxylic acids is 1. The molecule has 0 aromatic rings. The average molecular weight is 258 g/mol. The molecule has 6 nitrogen and oxygen atoms in total. The molecular weight excluding hydrogens is 236 g/mol. The molecule has 1 heterocycles. The third kappa shape index (κ3) is 4.52. The molecular formula is C12H22N2O4. The van der Waals surface area contributed by atoms with Crippen molar-refractivity contribution in [2.24, 2.45) is 5.92 Å². The highest BCUT2D eigenvalue weighted by Crippen LogP contribution is 2.08. The van der Waals surface area contributed by atoms with Gasteiger partial charge in [0.1, 0.15) is 0 Å². The number of urea groups is 1. The van der Waals surface area contributed by atoms with Crippen LogP contribution >= 0.6 is 0 Å². The standard InChI is InChI=1S/C12H22N2O4/c1-3-14(8-9(2)11(15)16)12(17)13-10-4-6-18-7-5-10/h9-10H,3-8H2,1-2H3,(H,13,17)(H,15,16). The lowest BCUT2D eigenvalue weighted by Gasteiger charge is -2.28. The first kappa shape index (κ1) is 14.8. The zero-order chi connectivity index (χ0) is 13.5. The van der Waals surface area contributed by atoms with Gasteiger partial charge in [0, 0.05) is 32.3 Å². The summed E-state index contributed by atoms with van der Waals surface area (Å²) in [5, 5.41) is 11.8. The number of hydrogen-bond acceptors (Lipinski definition) is 3. The van der Waals surface area contributed by atoms with Gasteiger partial charge in [0.25, 0.3) is 0 Å². The van der Waals surface area contributed by atoms with E-state index in [0.29, 0.717) is 19.8 Å². The molecule has 1 atom stereocenters. The van der Waals surface area contributed by atoms with Crippen molar-refractivity contribution >= 4 is 12.0 Å². The Morgan fingerprint density at radius 3 is 2.56 bits per heavy atom. The molecule has 2 N–H and O–H groups in total. The summed E-state index contributed by atoms with van der Waals surface area (Å²) in [5.41, 5.74) is 0. The van der Waals surface area contributed by atoms with Gasteiger partial charge in [-0.15, -0.1) is 0 Å². The maximum absolute atomic E-state index is 12.0. The van der Waals surface area contributed by atoms with E-state index in [-0.39, 0.29) is 18.6 Å². The fourth-order valence-electron chi connectivity index (χ4n) is 1.87. The quantitative estimate of drug-likeness (QED) is 0.768. The molecule has 1 rings (SSSR count). The predicted octanol–water partition coefficient (Wildman–Crippen LogP) is 0.918. The van der Waals surface area contributed by atoms with Crippen LogP contribution in [0.3, 0.4) is 0 Å². The van der Waals surface area contributed by atoms with E-state index >= 15 is 0 Å². The Morgan fingerprint density at radius 2 is 2.06 bits per heavy atom. The molecule has 1 aliphatic heterocycles. The number of carbonyl (C=O) groups is 2. The summed E-state index contributed by atoms with van der Waals surface area (Å²) in [4.78, 5) is 24.3. The SMILES string of the molecule is CCN(CC(C)C(=O)O)C(=O)NC1CCOCC1. The highest BCUT2D eigenvalue weighted by molar-refractivity contribution is 5.76.